The Kier molecular flexibility index (Phi) is 5.50. The van der Waals surface area contributed by atoms with Gasteiger partial charge in [0.15, 0.2) is 17.3 Å². The molecule has 2 unspecified atom stereocenters. The molecule has 5 rings (SSSR count). The topological polar surface area (TPSA) is 74.9 Å². The minimum absolute atomic E-state index is 0.212. The Labute approximate surface area is 191 Å². The Hall–Kier alpha value is -3.08. The first-order chi connectivity index (χ1) is 15.6. The Morgan fingerprint density at radius 2 is 1.94 bits per heavy atom. The maximum absolute atomic E-state index is 10.4. The van der Waals surface area contributed by atoms with Crippen molar-refractivity contribution in [2.24, 2.45) is 11.8 Å². The fraction of sp³-hybridized carbons (Fsp3) is 0.375. The first-order valence-electron chi connectivity index (χ1n) is 10.7. The van der Waals surface area contributed by atoms with Crippen LogP contribution in [0.4, 0.5) is 17.3 Å². The number of aliphatic hydroxyl groups is 1. The zero-order valence-corrected chi connectivity index (χ0v) is 18.5. The van der Waals surface area contributed by atoms with Crippen LogP contribution in [0.1, 0.15) is 18.4 Å². The Balaban J connectivity index is 1.47. The van der Waals surface area contributed by atoms with Crippen LogP contribution >= 0.6 is 11.6 Å². The lowest BCUT2D eigenvalue weighted by atomic mass is 9.95. The number of anilines is 2. The summed E-state index contributed by atoms with van der Waals surface area (Å²) in [5.41, 5.74) is 1.54. The number of aliphatic hydroxyl groups excluding tert-OH is 1. The van der Waals surface area contributed by atoms with Crippen molar-refractivity contribution in [1.29, 1.82) is 0 Å². The molecule has 32 heavy (non-hydrogen) atoms. The smallest absolute Gasteiger partial charge is 0.188 e. The number of hydrogen-bond donors (Lipinski definition) is 2. The predicted molar refractivity (Wildman–Crippen MR) is 126 cm³/mol. The summed E-state index contributed by atoms with van der Waals surface area (Å²) >= 11 is 6.25. The number of ether oxygens (including phenoxy) is 1. The minimum Gasteiger partial charge on any atom is -0.495 e. The van der Waals surface area contributed by atoms with Gasteiger partial charge in [0.25, 0.3) is 0 Å². The van der Waals surface area contributed by atoms with E-state index in [1.54, 1.807) is 7.11 Å². The van der Waals surface area contributed by atoms with Gasteiger partial charge in [-0.05, 0) is 36.6 Å². The Morgan fingerprint density at radius 1 is 1.16 bits per heavy atom. The molecule has 164 valence electrons. The largest absolute Gasteiger partial charge is 0.495 e. The molecule has 1 aliphatic carbocycles. The second-order valence-corrected chi connectivity index (χ2v) is 8.94. The van der Waals surface area contributed by atoms with E-state index in [0.717, 1.165) is 48.1 Å². The molecule has 0 spiro atoms. The van der Waals surface area contributed by atoms with E-state index in [1.807, 2.05) is 36.4 Å². The van der Waals surface area contributed by atoms with Crippen LogP contribution in [0, 0.1) is 18.4 Å². The third-order valence-corrected chi connectivity index (χ3v) is 6.93. The molecule has 8 heteroatoms. The number of halogens is 1. The van der Waals surface area contributed by atoms with Gasteiger partial charge in [0.2, 0.25) is 0 Å². The lowest BCUT2D eigenvalue weighted by Gasteiger charge is -2.36. The maximum Gasteiger partial charge on any atom is 0.188 e. The van der Waals surface area contributed by atoms with Gasteiger partial charge in [-0.25, -0.2) is 4.85 Å². The Bertz CT molecular complexity index is 1200. The van der Waals surface area contributed by atoms with Gasteiger partial charge < -0.3 is 20.1 Å². The molecule has 2 aromatic carbocycles. The van der Waals surface area contributed by atoms with Crippen molar-refractivity contribution in [2.45, 2.75) is 25.5 Å². The van der Waals surface area contributed by atoms with Gasteiger partial charge in [-0.15, -0.1) is 10.2 Å². The van der Waals surface area contributed by atoms with Crippen LogP contribution in [-0.4, -0.2) is 41.6 Å². The number of piperidine rings is 1. The fourth-order valence-corrected chi connectivity index (χ4v) is 5.21. The standard InChI is InChI=1S/C24H24ClN5O2/c1-26-17-6-7-18-19(10-17)23(27-11-14-3-8-21(32-2)20(25)9-14)28-29-24(18)30-12-15-4-5-16(13-30)22(15)31/h3,6-10,15-16,22,31H,4-5,11-13H2,2H3,(H,27,28). The molecule has 1 aliphatic heterocycles. The van der Waals surface area contributed by atoms with Gasteiger partial charge >= 0.3 is 0 Å². The summed E-state index contributed by atoms with van der Waals surface area (Å²) in [6.07, 6.45) is 1.90. The van der Waals surface area contributed by atoms with Gasteiger partial charge in [-0.1, -0.05) is 29.8 Å². The third-order valence-electron chi connectivity index (χ3n) is 6.63. The van der Waals surface area contributed by atoms with Gasteiger partial charge in [0, 0.05) is 42.2 Å². The highest BCUT2D eigenvalue weighted by Crippen LogP contribution is 2.40. The van der Waals surface area contributed by atoms with Crippen molar-refractivity contribution in [2.75, 3.05) is 30.4 Å². The zero-order chi connectivity index (χ0) is 22.2. The van der Waals surface area contributed by atoms with E-state index >= 15 is 0 Å². The molecule has 0 radical (unpaired) electrons. The molecule has 2 atom stereocenters. The summed E-state index contributed by atoms with van der Waals surface area (Å²) in [4.78, 5) is 5.84. The molecule has 2 aliphatic rings. The summed E-state index contributed by atoms with van der Waals surface area (Å²) in [5.74, 6) is 2.64. The van der Waals surface area contributed by atoms with Crippen molar-refractivity contribution in [3.63, 3.8) is 0 Å². The molecule has 2 bridgehead atoms. The Morgan fingerprint density at radius 3 is 2.62 bits per heavy atom. The normalized spacial score (nSPS) is 22.1. The zero-order valence-electron chi connectivity index (χ0n) is 17.8. The van der Waals surface area contributed by atoms with Gasteiger partial charge in [0.05, 0.1) is 24.8 Å². The fourth-order valence-electron chi connectivity index (χ4n) is 4.93. The van der Waals surface area contributed by atoms with E-state index in [9.17, 15) is 5.11 Å². The summed E-state index contributed by atoms with van der Waals surface area (Å²) in [6, 6.07) is 11.3. The molecule has 3 aromatic rings. The highest BCUT2D eigenvalue weighted by atomic mass is 35.5. The summed E-state index contributed by atoms with van der Waals surface area (Å²) < 4.78 is 5.22. The molecule has 2 heterocycles. The average Bonchev–Trinajstić information content (AvgIpc) is 3.01. The molecule has 7 nitrogen and oxygen atoms in total. The number of nitrogens with zero attached hydrogens (tertiary/aromatic N) is 4. The van der Waals surface area contributed by atoms with Gasteiger partial charge in [-0.2, -0.15) is 0 Å². The van der Waals surface area contributed by atoms with Crippen LogP contribution in [0.3, 0.4) is 0 Å². The average molecular weight is 450 g/mol. The molecule has 1 aromatic heterocycles. The number of benzene rings is 2. The minimum atomic E-state index is -0.212. The highest BCUT2D eigenvalue weighted by Gasteiger charge is 2.41. The number of aromatic nitrogens is 2. The lowest BCUT2D eigenvalue weighted by Crippen LogP contribution is -2.45. The van der Waals surface area contributed by atoms with Crippen molar-refractivity contribution in [3.05, 3.63) is 58.4 Å². The number of fused-ring (bicyclic) bond motifs is 3. The molecular weight excluding hydrogens is 426 g/mol. The van der Waals surface area contributed by atoms with E-state index < -0.39 is 0 Å². The van der Waals surface area contributed by atoms with Crippen LogP contribution in [0.15, 0.2) is 36.4 Å². The van der Waals surface area contributed by atoms with E-state index in [2.05, 4.69) is 25.3 Å². The maximum atomic E-state index is 10.4. The summed E-state index contributed by atoms with van der Waals surface area (Å²) in [6.45, 7) is 9.50. The lowest BCUT2D eigenvalue weighted by molar-refractivity contribution is 0.0791. The van der Waals surface area contributed by atoms with Crippen LogP contribution in [0.5, 0.6) is 5.75 Å². The first-order valence-corrected chi connectivity index (χ1v) is 11.1. The third kappa shape index (κ3) is 3.70. The molecule has 2 N–H and O–H groups in total. The van der Waals surface area contributed by atoms with Crippen LogP contribution < -0.4 is 15.0 Å². The molecule has 1 saturated heterocycles. The van der Waals surface area contributed by atoms with Gasteiger partial charge in [-0.3, -0.25) is 0 Å². The van der Waals surface area contributed by atoms with Crippen molar-refractivity contribution < 1.29 is 9.84 Å². The van der Waals surface area contributed by atoms with Crippen LogP contribution in [-0.2, 0) is 6.54 Å². The monoisotopic (exact) mass is 449 g/mol. The second-order valence-electron chi connectivity index (χ2n) is 8.53. The number of hydrogen-bond acceptors (Lipinski definition) is 6. The highest BCUT2D eigenvalue weighted by molar-refractivity contribution is 6.32. The summed E-state index contributed by atoms with van der Waals surface area (Å²) in [5, 5.41) is 25.2. The quantitative estimate of drug-likeness (QED) is 0.552. The van der Waals surface area contributed by atoms with Crippen molar-refractivity contribution >= 4 is 39.7 Å². The van der Waals surface area contributed by atoms with E-state index in [1.165, 1.54) is 0 Å². The molecule has 2 fully saturated rings. The van der Waals surface area contributed by atoms with Crippen molar-refractivity contribution in [1.82, 2.24) is 10.2 Å². The number of methoxy groups -OCH3 is 1. The van der Waals surface area contributed by atoms with Gasteiger partial charge in [0.1, 0.15) is 5.75 Å². The SMILES string of the molecule is [C-]#[N+]c1ccc2c(N3CC4CCC(C3)C4O)nnc(NCc3ccc(OC)c(Cl)c3)c2c1. The second kappa shape index (κ2) is 8.45. The summed E-state index contributed by atoms with van der Waals surface area (Å²) in [7, 11) is 1.59. The first kappa shape index (κ1) is 20.8. The number of rotatable bonds is 5. The predicted octanol–water partition coefficient (Wildman–Crippen LogP) is 4.66. The van der Waals surface area contributed by atoms with E-state index in [4.69, 9.17) is 22.9 Å². The van der Waals surface area contributed by atoms with E-state index in [-0.39, 0.29) is 17.9 Å². The van der Waals surface area contributed by atoms with Crippen LogP contribution in [0.25, 0.3) is 15.6 Å². The van der Waals surface area contributed by atoms with Crippen LogP contribution in [0.2, 0.25) is 5.02 Å². The molecule has 1 saturated carbocycles. The number of nitrogens with one attached hydrogen (secondary N) is 1. The van der Waals surface area contributed by atoms with E-state index in [0.29, 0.717) is 28.8 Å². The molecular formula is C24H24ClN5O2. The van der Waals surface area contributed by atoms with Crippen molar-refractivity contribution in [3.8, 4) is 5.75 Å². The molecule has 0 amide bonds.